The molecule has 2 N–H and O–H groups in total. The van der Waals surface area contributed by atoms with Gasteiger partial charge in [0, 0.05) is 19.2 Å². The number of hydrogen-bond acceptors (Lipinski definition) is 4. The van der Waals surface area contributed by atoms with E-state index in [9.17, 15) is 4.79 Å². The van der Waals surface area contributed by atoms with Crippen LogP contribution >= 0.6 is 0 Å². The molecule has 20 heavy (non-hydrogen) atoms. The summed E-state index contributed by atoms with van der Waals surface area (Å²) < 4.78 is 10.5. The van der Waals surface area contributed by atoms with E-state index < -0.39 is 0 Å². The molecular formula is C15H20N2O3. The van der Waals surface area contributed by atoms with Crippen LogP contribution in [0.1, 0.15) is 6.42 Å². The first-order valence-corrected chi connectivity index (χ1v) is 6.70. The Morgan fingerprint density at radius 1 is 1.40 bits per heavy atom. The normalized spacial score (nSPS) is 14.3. The van der Waals surface area contributed by atoms with Gasteiger partial charge in [-0.25, -0.2) is 0 Å². The fraction of sp³-hybridized carbons (Fsp3) is 0.400. The zero-order chi connectivity index (χ0) is 14.2. The lowest BCUT2D eigenvalue weighted by Crippen LogP contribution is -2.32. The Morgan fingerprint density at radius 2 is 2.25 bits per heavy atom. The molecule has 0 aromatic heterocycles. The third-order valence-corrected chi connectivity index (χ3v) is 3.08. The molecule has 0 saturated heterocycles. The van der Waals surface area contributed by atoms with Crippen molar-refractivity contribution in [3.63, 3.8) is 0 Å². The largest absolute Gasteiger partial charge is 0.497 e. The Bertz CT molecular complexity index is 486. The summed E-state index contributed by atoms with van der Waals surface area (Å²) >= 11 is 0. The topological polar surface area (TPSA) is 59.6 Å². The molecular weight excluding hydrogens is 256 g/mol. The second-order valence-electron chi connectivity index (χ2n) is 4.56. The summed E-state index contributed by atoms with van der Waals surface area (Å²) in [6.45, 7) is 2.47. The highest BCUT2D eigenvalue weighted by Gasteiger charge is 2.06. The van der Waals surface area contributed by atoms with Gasteiger partial charge >= 0.3 is 0 Å². The molecule has 1 amide bonds. The minimum atomic E-state index is -0.118. The summed E-state index contributed by atoms with van der Waals surface area (Å²) in [5.74, 6) is 1.22. The molecule has 0 unspecified atom stereocenters. The predicted octanol–water partition coefficient (Wildman–Crippen LogP) is 1.11. The molecule has 0 fully saturated rings. The number of carbonyl (C=O) groups excluding carboxylic acids is 1. The van der Waals surface area contributed by atoms with Gasteiger partial charge in [0.15, 0.2) is 6.61 Å². The van der Waals surface area contributed by atoms with Crippen molar-refractivity contribution in [1.82, 2.24) is 10.6 Å². The summed E-state index contributed by atoms with van der Waals surface area (Å²) in [7, 11) is 1.60. The lowest BCUT2D eigenvalue weighted by Gasteiger charge is -2.14. The van der Waals surface area contributed by atoms with Crippen molar-refractivity contribution in [2.45, 2.75) is 6.42 Å². The van der Waals surface area contributed by atoms with Gasteiger partial charge in [0.05, 0.1) is 7.11 Å². The molecule has 5 heteroatoms. The monoisotopic (exact) mass is 276 g/mol. The van der Waals surface area contributed by atoms with E-state index in [1.807, 2.05) is 12.1 Å². The molecule has 0 aliphatic carbocycles. The van der Waals surface area contributed by atoms with Crippen LogP contribution < -0.4 is 20.1 Å². The van der Waals surface area contributed by atoms with Crippen molar-refractivity contribution >= 4 is 5.91 Å². The molecule has 0 radical (unpaired) electrons. The van der Waals surface area contributed by atoms with Crippen molar-refractivity contribution in [3.05, 3.63) is 35.9 Å². The summed E-state index contributed by atoms with van der Waals surface area (Å²) in [5, 5.41) is 6.09. The number of hydrogen-bond donors (Lipinski definition) is 2. The molecule has 1 aliphatic heterocycles. The lowest BCUT2D eigenvalue weighted by atomic mass is 10.1. The number of rotatable bonds is 6. The predicted molar refractivity (Wildman–Crippen MR) is 77.1 cm³/mol. The first-order chi connectivity index (χ1) is 9.78. The van der Waals surface area contributed by atoms with E-state index in [0.717, 1.165) is 19.5 Å². The van der Waals surface area contributed by atoms with E-state index in [2.05, 4.69) is 16.7 Å². The van der Waals surface area contributed by atoms with Gasteiger partial charge in [-0.1, -0.05) is 17.7 Å². The van der Waals surface area contributed by atoms with Crippen LogP contribution in [0, 0.1) is 0 Å². The number of amides is 1. The van der Waals surface area contributed by atoms with Crippen LogP contribution in [-0.2, 0) is 4.79 Å². The number of nitrogens with one attached hydrogen (secondary N) is 2. The van der Waals surface area contributed by atoms with Crippen LogP contribution in [0.15, 0.2) is 35.9 Å². The zero-order valence-corrected chi connectivity index (χ0v) is 11.6. The first kappa shape index (κ1) is 14.4. The van der Waals surface area contributed by atoms with Gasteiger partial charge < -0.3 is 20.1 Å². The average Bonchev–Trinajstić information content (AvgIpc) is 2.52. The van der Waals surface area contributed by atoms with E-state index in [-0.39, 0.29) is 12.5 Å². The minimum absolute atomic E-state index is 0.0126. The number of ether oxygens (including phenoxy) is 2. The van der Waals surface area contributed by atoms with Gasteiger partial charge in [-0.05, 0) is 25.1 Å². The van der Waals surface area contributed by atoms with Crippen LogP contribution in [0.4, 0.5) is 0 Å². The maximum absolute atomic E-state index is 11.7. The minimum Gasteiger partial charge on any atom is -0.497 e. The van der Waals surface area contributed by atoms with E-state index in [1.165, 1.54) is 5.57 Å². The molecule has 1 aromatic carbocycles. The van der Waals surface area contributed by atoms with Crippen LogP contribution in [0.3, 0.4) is 0 Å². The maximum Gasteiger partial charge on any atom is 0.258 e. The Balaban J connectivity index is 1.72. The van der Waals surface area contributed by atoms with Gasteiger partial charge in [0.25, 0.3) is 5.91 Å². The first-order valence-electron chi connectivity index (χ1n) is 6.70. The third kappa shape index (κ3) is 4.59. The third-order valence-electron chi connectivity index (χ3n) is 3.08. The second-order valence-corrected chi connectivity index (χ2v) is 4.56. The molecule has 0 spiro atoms. The Labute approximate surface area is 119 Å². The highest BCUT2D eigenvalue weighted by atomic mass is 16.5. The molecule has 108 valence electrons. The Kier molecular flexibility index (Phi) is 5.43. The molecule has 0 bridgehead atoms. The molecule has 0 atom stereocenters. The van der Waals surface area contributed by atoms with Gasteiger partial charge in [-0.3, -0.25) is 4.79 Å². The van der Waals surface area contributed by atoms with Crippen molar-refractivity contribution < 1.29 is 14.3 Å². The molecule has 5 nitrogen and oxygen atoms in total. The summed E-state index contributed by atoms with van der Waals surface area (Å²) in [6, 6.07) is 7.20. The van der Waals surface area contributed by atoms with Gasteiger partial charge in [-0.15, -0.1) is 0 Å². The standard InChI is InChI=1S/C15H20N2O3/c1-19-13-3-2-4-14(9-13)20-11-15(18)17-10-12-5-7-16-8-6-12/h2-5,9,16H,6-8,10-11H2,1H3,(H,17,18). The van der Waals surface area contributed by atoms with Crippen molar-refractivity contribution in [2.24, 2.45) is 0 Å². The smallest absolute Gasteiger partial charge is 0.258 e. The average molecular weight is 276 g/mol. The molecule has 2 rings (SSSR count). The maximum atomic E-state index is 11.7. The van der Waals surface area contributed by atoms with Crippen LogP contribution in [-0.4, -0.2) is 39.3 Å². The quantitative estimate of drug-likeness (QED) is 0.764. The Hall–Kier alpha value is -2.01. The van der Waals surface area contributed by atoms with Gasteiger partial charge in [-0.2, -0.15) is 0 Å². The van der Waals surface area contributed by atoms with E-state index in [0.29, 0.717) is 18.0 Å². The summed E-state index contributed by atoms with van der Waals surface area (Å²) in [4.78, 5) is 11.7. The van der Waals surface area contributed by atoms with Gasteiger partial charge in [0.2, 0.25) is 0 Å². The molecule has 1 aliphatic rings. The summed E-state index contributed by atoms with van der Waals surface area (Å²) in [5.41, 5.74) is 1.26. The molecule has 0 saturated carbocycles. The molecule has 1 heterocycles. The van der Waals surface area contributed by atoms with Crippen molar-refractivity contribution in [2.75, 3.05) is 33.4 Å². The van der Waals surface area contributed by atoms with Crippen molar-refractivity contribution in [3.8, 4) is 11.5 Å². The van der Waals surface area contributed by atoms with E-state index in [1.54, 1.807) is 19.2 Å². The number of benzene rings is 1. The SMILES string of the molecule is COc1cccc(OCC(=O)NCC2=CCNCC2)c1. The van der Waals surface area contributed by atoms with Crippen molar-refractivity contribution in [1.29, 1.82) is 0 Å². The van der Waals surface area contributed by atoms with Crippen LogP contribution in [0.2, 0.25) is 0 Å². The van der Waals surface area contributed by atoms with Crippen LogP contribution in [0.25, 0.3) is 0 Å². The van der Waals surface area contributed by atoms with E-state index in [4.69, 9.17) is 9.47 Å². The second kappa shape index (κ2) is 7.55. The highest BCUT2D eigenvalue weighted by molar-refractivity contribution is 5.77. The lowest BCUT2D eigenvalue weighted by molar-refractivity contribution is -0.122. The van der Waals surface area contributed by atoms with Crippen LogP contribution in [0.5, 0.6) is 11.5 Å². The Morgan fingerprint density at radius 3 is 3.00 bits per heavy atom. The fourth-order valence-corrected chi connectivity index (χ4v) is 1.93. The highest BCUT2D eigenvalue weighted by Crippen LogP contribution is 2.18. The molecule has 1 aromatic rings. The van der Waals surface area contributed by atoms with Gasteiger partial charge in [0.1, 0.15) is 11.5 Å². The fourth-order valence-electron chi connectivity index (χ4n) is 1.93. The number of methoxy groups -OCH3 is 1. The zero-order valence-electron chi connectivity index (χ0n) is 11.6. The number of carbonyl (C=O) groups is 1. The van der Waals surface area contributed by atoms with E-state index >= 15 is 0 Å². The summed E-state index contributed by atoms with van der Waals surface area (Å²) in [6.07, 6.45) is 3.10.